The molecule has 1 aromatic heterocycles. The van der Waals surface area contributed by atoms with Gasteiger partial charge in [-0.1, -0.05) is 51.1 Å². The average Bonchev–Trinajstić information content (AvgIpc) is 2.56. The maximum atomic E-state index is 12.5. The van der Waals surface area contributed by atoms with Crippen LogP contribution >= 0.6 is 0 Å². The van der Waals surface area contributed by atoms with Crippen molar-refractivity contribution in [2.75, 3.05) is 6.61 Å². The summed E-state index contributed by atoms with van der Waals surface area (Å²) < 4.78 is 8.08. The first-order valence-corrected chi connectivity index (χ1v) is 11.6. The third kappa shape index (κ3) is 4.69. The summed E-state index contributed by atoms with van der Waals surface area (Å²) in [6.07, 6.45) is 1.73. The summed E-state index contributed by atoms with van der Waals surface area (Å²) in [6, 6.07) is 12.9. The van der Waals surface area contributed by atoms with Gasteiger partial charge in [-0.2, -0.15) is 0 Å². The average molecular weight is 360 g/mol. The van der Waals surface area contributed by atoms with Crippen molar-refractivity contribution in [3.8, 4) is 0 Å². The SMILES string of the molecule is CC(C)(C)[Si](C)(C)OCC(c1ccccc1)n1cc(CO)ccc1=O. The first kappa shape index (κ1) is 19.6. The van der Waals surface area contributed by atoms with Crippen LogP contribution in [-0.2, 0) is 11.0 Å². The lowest BCUT2D eigenvalue weighted by Crippen LogP contribution is -2.43. The van der Waals surface area contributed by atoms with Crippen LogP contribution in [-0.4, -0.2) is 24.6 Å². The number of rotatable bonds is 6. The van der Waals surface area contributed by atoms with Gasteiger partial charge in [0.05, 0.1) is 19.3 Å². The zero-order chi connectivity index (χ0) is 18.7. The number of aliphatic hydroxyl groups excluding tert-OH is 1. The Kier molecular flexibility index (Phi) is 6.03. The van der Waals surface area contributed by atoms with E-state index in [0.717, 1.165) is 5.56 Å². The van der Waals surface area contributed by atoms with Crippen molar-refractivity contribution in [1.29, 1.82) is 0 Å². The molecule has 0 radical (unpaired) electrons. The highest BCUT2D eigenvalue weighted by Gasteiger charge is 2.37. The minimum Gasteiger partial charge on any atom is -0.414 e. The van der Waals surface area contributed by atoms with E-state index in [-0.39, 0.29) is 23.2 Å². The van der Waals surface area contributed by atoms with Crippen LogP contribution in [0.3, 0.4) is 0 Å². The molecule has 0 saturated carbocycles. The molecule has 0 aliphatic rings. The number of nitrogens with zero attached hydrogens (tertiary/aromatic N) is 1. The molecule has 0 fully saturated rings. The highest BCUT2D eigenvalue weighted by molar-refractivity contribution is 6.74. The van der Waals surface area contributed by atoms with Gasteiger partial charge in [-0.15, -0.1) is 0 Å². The van der Waals surface area contributed by atoms with Gasteiger partial charge in [-0.25, -0.2) is 0 Å². The summed E-state index contributed by atoms with van der Waals surface area (Å²) >= 11 is 0. The molecule has 5 heteroatoms. The van der Waals surface area contributed by atoms with Gasteiger partial charge in [0.2, 0.25) is 0 Å². The minimum atomic E-state index is -1.94. The van der Waals surface area contributed by atoms with E-state index in [4.69, 9.17) is 4.43 Å². The molecule has 0 spiro atoms. The van der Waals surface area contributed by atoms with Crippen LogP contribution in [0, 0.1) is 0 Å². The van der Waals surface area contributed by atoms with Crippen molar-refractivity contribution in [3.63, 3.8) is 0 Å². The quantitative estimate of drug-likeness (QED) is 0.795. The molecule has 1 aromatic carbocycles. The Hall–Kier alpha value is -1.69. The highest BCUT2D eigenvalue weighted by atomic mass is 28.4. The number of benzene rings is 1. The van der Waals surface area contributed by atoms with Crippen LogP contribution in [0.4, 0.5) is 0 Å². The molecule has 0 bridgehead atoms. The zero-order valence-corrected chi connectivity index (χ0v) is 16.8. The predicted molar refractivity (Wildman–Crippen MR) is 104 cm³/mol. The first-order chi connectivity index (χ1) is 11.7. The van der Waals surface area contributed by atoms with Gasteiger partial charge < -0.3 is 14.1 Å². The molecule has 25 heavy (non-hydrogen) atoms. The Morgan fingerprint density at radius 2 is 1.76 bits per heavy atom. The predicted octanol–water partition coefficient (Wildman–Crippen LogP) is 3.95. The summed E-state index contributed by atoms with van der Waals surface area (Å²) in [5.74, 6) is 0. The maximum Gasteiger partial charge on any atom is 0.251 e. The second-order valence-electron chi connectivity index (χ2n) is 7.94. The molecule has 0 aliphatic heterocycles. The molecule has 2 rings (SSSR count). The van der Waals surface area contributed by atoms with Crippen molar-refractivity contribution in [1.82, 2.24) is 4.57 Å². The second-order valence-corrected chi connectivity index (χ2v) is 12.7. The van der Waals surface area contributed by atoms with Crippen LogP contribution in [0.25, 0.3) is 0 Å². The summed E-state index contributed by atoms with van der Waals surface area (Å²) in [7, 11) is -1.94. The fourth-order valence-electron chi connectivity index (χ4n) is 2.40. The Bertz CT molecular complexity index is 748. The van der Waals surface area contributed by atoms with Crippen LogP contribution < -0.4 is 5.56 Å². The Labute approximate surface area is 151 Å². The number of hydrogen-bond acceptors (Lipinski definition) is 3. The number of pyridine rings is 1. The largest absolute Gasteiger partial charge is 0.414 e. The molecule has 0 saturated heterocycles. The Morgan fingerprint density at radius 1 is 1.12 bits per heavy atom. The van der Waals surface area contributed by atoms with E-state index in [1.165, 1.54) is 6.07 Å². The minimum absolute atomic E-state index is 0.0924. The fourth-order valence-corrected chi connectivity index (χ4v) is 3.41. The second kappa shape index (κ2) is 7.68. The highest BCUT2D eigenvalue weighted by Crippen LogP contribution is 2.37. The van der Waals surface area contributed by atoms with Gasteiger partial charge in [-0.3, -0.25) is 4.79 Å². The lowest BCUT2D eigenvalue weighted by Gasteiger charge is -2.37. The van der Waals surface area contributed by atoms with Gasteiger partial charge in [0.1, 0.15) is 0 Å². The van der Waals surface area contributed by atoms with E-state index in [1.807, 2.05) is 30.3 Å². The van der Waals surface area contributed by atoms with E-state index in [2.05, 4.69) is 33.9 Å². The van der Waals surface area contributed by atoms with Crippen LogP contribution in [0.2, 0.25) is 18.1 Å². The molecule has 1 heterocycles. The van der Waals surface area contributed by atoms with E-state index in [0.29, 0.717) is 12.2 Å². The van der Waals surface area contributed by atoms with Gasteiger partial charge >= 0.3 is 0 Å². The Balaban J connectivity index is 2.41. The van der Waals surface area contributed by atoms with E-state index in [9.17, 15) is 9.90 Å². The summed E-state index contributed by atoms with van der Waals surface area (Å²) in [5.41, 5.74) is 1.65. The summed E-state index contributed by atoms with van der Waals surface area (Å²) in [4.78, 5) is 12.5. The van der Waals surface area contributed by atoms with E-state index < -0.39 is 8.32 Å². The van der Waals surface area contributed by atoms with Crippen molar-refractivity contribution in [2.24, 2.45) is 0 Å². The molecule has 0 amide bonds. The molecule has 1 unspecified atom stereocenters. The van der Waals surface area contributed by atoms with Crippen molar-refractivity contribution >= 4 is 8.32 Å². The number of aliphatic hydroxyl groups is 1. The van der Waals surface area contributed by atoms with E-state index in [1.54, 1.807) is 16.8 Å². The molecule has 0 aliphatic carbocycles. The standard InChI is InChI=1S/C20H29NO3Si/c1-20(2,3)25(4,5)24-15-18(17-9-7-6-8-10-17)21-13-16(14-22)11-12-19(21)23/h6-13,18,22H,14-15H2,1-5H3. The molecule has 2 aromatic rings. The summed E-state index contributed by atoms with van der Waals surface area (Å²) in [6.45, 7) is 11.4. The molecular formula is C20H29NO3Si. The van der Waals surface area contributed by atoms with E-state index >= 15 is 0 Å². The molecule has 1 atom stereocenters. The van der Waals surface area contributed by atoms with Gasteiger partial charge in [-0.05, 0) is 35.3 Å². The van der Waals surface area contributed by atoms with Crippen molar-refractivity contribution < 1.29 is 9.53 Å². The fraction of sp³-hybridized carbons (Fsp3) is 0.450. The lowest BCUT2D eigenvalue weighted by atomic mass is 10.1. The van der Waals surface area contributed by atoms with Crippen LogP contribution in [0.1, 0.15) is 37.9 Å². The lowest BCUT2D eigenvalue weighted by molar-refractivity contribution is 0.244. The van der Waals surface area contributed by atoms with Gasteiger partial charge in [0.15, 0.2) is 8.32 Å². The third-order valence-electron chi connectivity index (χ3n) is 5.11. The summed E-state index contributed by atoms with van der Waals surface area (Å²) in [5, 5.41) is 9.53. The Morgan fingerprint density at radius 3 is 2.32 bits per heavy atom. The first-order valence-electron chi connectivity index (χ1n) is 8.66. The van der Waals surface area contributed by atoms with Gasteiger partial charge in [0.25, 0.3) is 5.56 Å². The van der Waals surface area contributed by atoms with Crippen LogP contribution in [0.5, 0.6) is 0 Å². The van der Waals surface area contributed by atoms with Crippen molar-refractivity contribution in [2.45, 2.75) is 51.6 Å². The molecule has 4 nitrogen and oxygen atoms in total. The van der Waals surface area contributed by atoms with Gasteiger partial charge in [0, 0.05) is 12.3 Å². The van der Waals surface area contributed by atoms with Crippen molar-refractivity contribution in [3.05, 3.63) is 70.1 Å². The zero-order valence-electron chi connectivity index (χ0n) is 15.8. The maximum absolute atomic E-state index is 12.5. The monoisotopic (exact) mass is 359 g/mol. The molecular weight excluding hydrogens is 330 g/mol. The normalized spacial score (nSPS) is 13.7. The topological polar surface area (TPSA) is 51.5 Å². The molecule has 1 N–H and O–H groups in total. The number of aromatic nitrogens is 1. The van der Waals surface area contributed by atoms with Crippen LogP contribution in [0.15, 0.2) is 53.5 Å². The third-order valence-corrected chi connectivity index (χ3v) is 9.61. The smallest absolute Gasteiger partial charge is 0.251 e. The molecule has 136 valence electrons. The number of hydrogen-bond donors (Lipinski definition) is 1.